The number of aromatic nitrogens is 1. The SMILES string of the molecule is CCOc1ccc(C(NC(=O)CCCn2c(=O)oc3ccccc32)c2ccccc2)cc1. The maximum absolute atomic E-state index is 12.8. The molecule has 0 fully saturated rings. The first-order valence-corrected chi connectivity index (χ1v) is 10.8. The smallest absolute Gasteiger partial charge is 0.419 e. The van der Waals surface area contributed by atoms with Crippen LogP contribution in [0.4, 0.5) is 0 Å². The van der Waals surface area contributed by atoms with Gasteiger partial charge < -0.3 is 14.5 Å². The van der Waals surface area contributed by atoms with Gasteiger partial charge in [0.15, 0.2) is 5.58 Å². The molecule has 0 saturated heterocycles. The molecule has 1 atom stereocenters. The van der Waals surface area contributed by atoms with E-state index in [1.54, 1.807) is 10.6 Å². The molecule has 0 saturated carbocycles. The van der Waals surface area contributed by atoms with Crippen molar-refractivity contribution < 1.29 is 13.9 Å². The molecular formula is C26H26N2O4. The van der Waals surface area contributed by atoms with Gasteiger partial charge in [-0.05, 0) is 48.7 Å². The summed E-state index contributed by atoms with van der Waals surface area (Å²) in [6.07, 6.45) is 0.826. The van der Waals surface area contributed by atoms with Gasteiger partial charge in [-0.15, -0.1) is 0 Å². The molecule has 0 radical (unpaired) electrons. The van der Waals surface area contributed by atoms with Crippen LogP contribution in [0, 0.1) is 0 Å². The third-order valence-corrected chi connectivity index (χ3v) is 5.32. The van der Waals surface area contributed by atoms with Crippen molar-refractivity contribution in [2.24, 2.45) is 0 Å². The topological polar surface area (TPSA) is 73.5 Å². The number of para-hydroxylation sites is 2. The van der Waals surface area contributed by atoms with Crippen molar-refractivity contribution in [3.8, 4) is 5.75 Å². The van der Waals surface area contributed by atoms with E-state index in [-0.39, 0.29) is 11.9 Å². The number of aryl methyl sites for hydroxylation is 1. The Labute approximate surface area is 186 Å². The Morgan fingerprint density at radius 1 is 0.969 bits per heavy atom. The number of hydrogen-bond acceptors (Lipinski definition) is 4. The molecule has 6 heteroatoms. The number of oxazole rings is 1. The molecule has 1 heterocycles. The second-order valence-electron chi connectivity index (χ2n) is 7.50. The molecule has 0 bridgehead atoms. The molecule has 4 aromatic rings. The van der Waals surface area contributed by atoms with E-state index in [0.717, 1.165) is 22.4 Å². The second kappa shape index (κ2) is 10.0. The summed E-state index contributed by atoms with van der Waals surface area (Å²) in [4.78, 5) is 24.9. The highest BCUT2D eigenvalue weighted by Crippen LogP contribution is 2.24. The van der Waals surface area contributed by atoms with E-state index in [1.165, 1.54) is 0 Å². The van der Waals surface area contributed by atoms with E-state index in [4.69, 9.17) is 9.15 Å². The average Bonchev–Trinajstić information content (AvgIpc) is 3.14. The molecular weight excluding hydrogens is 404 g/mol. The Balaban J connectivity index is 1.44. The van der Waals surface area contributed by atoms with Crippen LogP contribution in [0.5, 0.6) is 5.75 Å². The third kappa shape index (κ3) is 4.91. The summed E-state index contributed by atoms with van der Waals surface area (Å²) in [5.41, 5.74) is 3.28. The molecule has 3 aromatic carbocycles. The molecule has 0 spiro atoms. The van der Waals surface area contributed by atoms with E-state index < -0.39 is 5.76 Å². The molecule has 0 aliphatic rings. The summed E-state index contributed by atoms with van der Waals surface area (Å²) < 4.78 is 12.4. The fraction of sp³-hybridized carbons (Fsp3) is 0.231. The van der Waals surface area contributed by atoms with Gasteiger partial charge in [0.2, 0.25) is 5.91 Å². The molecule has 0 aliphatic carbocycles. The zero-order valence-corrected chi connectivity index (χ0v) is 18.0. The predicted octanol–water partition coefficient (Wildman–Crippen LogP) is 4.68. The quantitative estimate of drug-likeness (QED) is 0.418. The van der Waals surface area contributed by atoms with Crippen LogP contribution < -0.4 is 15.8 Å². The first kappa shape index (κ1) is 21.4. The Kier molecular flexibility index (Phi) is 6.70. The van der Waals surface area contributed by atoms with Crippen molar-refractivity contribution in [1.29, 1.82) is 0 Å². The number of amides is 1. The first-order valence-electron chi connectivity index (χ1n) is 10.8. The van der Waals surface area contributed by atoms with Crippen molar-refractivity contribution >= 4 is 17.0 Å². The largest absolute Gasteiger partial charge is 0.494 e. The number of nitrogens with one attached hydrogen (secondary N) is 1. The lowest BCUT2D eigenvalue weighted by molar-refractivity contribution is -0.121. The van der Waals surface area contributed by atoms with Crippen LogP contribution in [0.25, 0.3) is 11.1 Å². The Morgan fingerprint density at radius 3 is 2.41 bits per heavy atom. The van der Waals surface area contributed by atoms with E-state index >= 15 is 0 Å². The minimum Gasteiger partial charge on any atom is -0.494 e. The van der Waals surface area contributed by atoms with Gasteiger partial charge in [-0.1, -0.05) is 54.6 Å². The van der Waals surface area contributed by atoms with Gasteiger partial charge >= 0.3 is 5.76 Å². The number of carbonyl (C=O) groups excluding carboxylic acids is 1. The normalized spacial score (nSPS) is 11.9. The maximum Gasteiger partial charge on any atom is 0.419 e. The second-order valence-corrected chi connectivity index (χ2v) is 7.50. The monoisotopic (exact) mass is 430 g/mol. The molecule has 4 rings (SSSR count). The summed E-state index contributed by atoms with van der Waals surface area (Å²) >= 11 is 0. The van der Waals surface area contributed by atoms with E-state index in [9.17, 15) is 9.59 Å². The predicted molar refractivity (Wildman–Crippen MR) is 124 cm³/mol. The van der Waals surface area contributed by atoms with Crippen molar-refractivity contribution in [3.63, 3.8) is 0 Å². The van der Waals surface area contributed by atoms with Crippen molar-refractivity contribution in [2.75, 3.05) is 6.61 Å². The summed E-state index contributed by atoms with van der Waals surface area (Å²) in [7, 11) is 0. The summed E-state index contributed by atoms with van der Waals surface area (Å²) in [5.74, 6) is 0.323. The molecule has 1 unspecified atom stereocenters. The van der Waals surface area contributed by atoms with Gasteiger partial charge in [0, 0.05) is 13.0 Å². The van der Waals surface area contributed by atoms with Crippen LogP contribution in [0.1, 0.15) is 36.9 Å². The highest BCUT2D eigenvalue weighted by atomic mass is 16.5. The van der Waals surface area contributed by atoms with Crippen LogP contribution >= 0.6 is 0 Å². The molecule has 32 heavy (non-hydrogen) atoms. The molecule has 1 aromatic heterocycles. The number of ether oxygens (including phenoxy) is 1. The maximum atomic E-state index is 12.8. The van der Waals surface area contributed by atoms with Gasteiger partial charge in [-0.2, -0.15) is 0 Å². The number of fused-ring (bicyclic) bond motifs is 1. The number of rotatable bonds is 9. The van der Waals surface area contributed by atoms with Crippen LogP contribution in [-0.4, -0.2) is 17.1 Å². The molecule has 6 nitrogen and oxygen atoms in total. The van der Waals surface area contributed by atoms with Crippen LogP contribution in [0.15, 0.2) is 88.1 Å². The Bertz CT molecular complexity index is 1230. The Morgan fingerprint density at radius 2 is 1.66 bits per heavy atom. The molecule has 1 N–H and O–H groups in total. The zero-order valence-electron chi connectivity index (χ0n) is 18.0. The van der Waals surface area contributed by atoms with Gasteiger partial charge in [0.25, 0.3) is 0 Å². The van der Waals surface area contributed by atoms with Gasteiger partial charge in [-0.25, -0.2) is 4.79 Å². The highest BCUT2D eigenvalue weighted by Gasteiger charge is 2.17. The summed E-state index contributed by atoms with van der Waals surface area (Å²) in [6.45, 7) is 2.97. The van der Waals surface area contributed by atoms with Crippen molar-refractivity contribution in [2.45, 2.75) is 32.4 Å². The fourth-order valence-corrected chi connectivity index (χ4v) is 3.78. The number of nitrogens with zero attached hydrogens (tertiary/aromatic N) is 1. The lowest BCUT2D eigenvalue weighted by Gasteiger charge is -2.20. The van der Waals surface area contributed by atoms with Crippen LogP contribution in [0.3, 0.4) is 0 Å². The minimum atomic E-state index is -0.400. The molecule has 164 valence electrons. The zero-order chi connectivity index (χ0) is 22.3. The van der Waals surface area contributed by atoms with Gasteiger partial charge in [0.05, 0.1) is 18.2 Å². The van der Waals surface area contributed by atoms with Crippen LogP contribution in [0.2, 0.25) is 0 Å². The fourth-order valence-electron chi connectivity index (χ4n) is 3.78. The highest BCUT2D eigenvalue weighted by molar-refractivity contribution is 5.77. The van der Waals surface area contributed by atoms with Crippen molar-refractivity contribution in [3.05, 3.63) is 101 Å². The standard InChI is InChI=1S/C26H26N2O4/c1-2-31-21-16-14-20(15-17-21)25(19-9-4-3-5-10-19)27-24(29)13-8-18-28-22-11-6-7-12-23(22)32-26(28)30/h3-7,9-12,14-17,25H,2,8,13,18H2,1H3,(H,27,29). The van der Waals surface area contributed by atoms with Gasteiger partial charge in [-0.3, -0.25) is 9.36 Å². The number of carbonyl (C=O) groups is 1. The van der Waals surface area contributed by atoms with E-state index in [1.807, 2.05) is 79.7 Å². The third-order valence-electron chi connectivity index (χ3n) is 5.32. The van der Waals surface area contributed by atoms with E-state index in [0.29, 0.717) is 31.6 Å². The first-order chi connectivity index (χ1) is 15.7. The van der Waals surface area contributed by atoms with Gasteiger partial charge in [0.1, 0.15) is 5.75 Å². The molecule has 0 aliphatic heterocycles. The Hall–Kier alpha value is -3.80. The lowest BCUT2D eigenvalue weighted by atomic mass is 9.98. The van der Waals surface area contributed by atoms with Crippen LogP contribution in [-0.2, 0) is 11.3 Å². The van der Waals surface area contributed by atoms with Crippen molar-refractivity contribution in [1.82, 2.24) is 9.88 Å². The summed E-state index contributed by atoms with van der Waals surface area (Å²) in [5, 5.41) is 3.14. The van der Waals surface area contributed by atoms with E-state index in [2.05, 4.69) is 5.32 Å². The lowest BCUT2D eigenvalue weighted by Crippen LogP contribution is -2.29. The number of hydrogen-bond donors (Lipinski definition) is 1. The summed E-state index contributed by atoms with van der Waals surface area (Å²) in [6, 6.07) is 24.7. The molecule has 1 amide bonds. The number of benzene rings is 3. The average molecular weight is 431 g/mol. The minimum absolute atomic E-state index is 0.0754.